The van der Waals surface area contributed by atoms with Crippen LogP contribution in [-0.4, -0.2) is 57.0 Å². The fraction of sp³-hybridized carbons (Fsp3) is 0.458. The van der Waals surface area contributed by atoms with Gasteiger partial charge in [0.25, 0.3) is 0 Å². The highest BCUT2D eigenvalue weighted by Gasteiger charge is 2.11. The van der Waals surface area contributed by atoms with Gasteiger partial charge in [0.05, 0.1) is 39.1 Å². The number of rotatable bonds is 9. The molecule has 206 valence electrons. The summed E-state index contributed by atoms with van der Waals surface area (Å²) in [5.74, 6) is 2.33. The molecular formula is C24H38N2O8S2-2. The first-order valence-electron chi connectivity index (χ1n) is 9.97. The predicted octanol–water partition coefficient (Wildman–Crippen LogP) is 3.71. The van der Waals surface area contributed by atoms with Gasteiger partial charge in [-0.3, -0.25) is 8.42 Å². The number of hydrogen-bond donors (Lipinski definition) is 1. The van der Waals surface area contributed by atoms with Crippen molar-refractivity contribution in [2.24, 2.45) is 5.73 Å². The van der Waals surface area contributed by atoms with Gasteiger partial charge >= 0.3 is 0 Å². The smallest absolute Gasteiger partial charge is 0.162 e. The molecule has 3 unspecified atom stereocenters. The summed E-state index contributed by atoms with van der Waals surface area (Å²) in [6.07, 6.45) is 1.08. The quantitative estimate of drug-likeness (QED) is 0.359. The first-order chi connectivity index (χ1) is 16.1. The van der Waals surface area contributed by atoms with Gasteiger partial charge in [-0.15, -0.1) is 0 Å². The van der Waals surface area contributed by atoms with Crippen LogP contribution in [-0.2, 0) is 22.2 Å². The molecule has 2 aromatic carbocycles. The zero-order valence-electron chi connectivity index (χ0n) is 19.8. The second-order valence-corrected chi connectivity index (χ2v) is 7.98. The lowest BCUT2D eigenvalue weighted by molar-refractivity contribution is 0.310. The molecule has 0 aliphatic carbocycles. The molecule has 10 nitrogen and oxygen atoms in total. The summed E-state index contributed by atoms with van der Waals surface area (Å²) >= 11 is -4.02. The van der Waals surface area contributed by atoms with Crippen molar-refractivity contribution >= 4 is 22.2 Å². The third-order valence-corrected chi connectivity index (χ3v) is 4.46. The summed E-state index contributed by atoms with van der Waals surface area (Å²) in [5, 5.41) is 8.65. The van der Waals surface area contributed by atoms with Crippen LogP contribution < -0.4 is 24.7 Å². The van der Waals surface area contributed by atoms with E-state index in [1.54, 1.807) is 50.6 Å². The summed E-state index contributed by atoms with van der Waals surface area (Å²) < 4.78 is 60.0. The predicted molar refractivity (Wildman–Crippen MR) is 142 cm³/mol. The minimum absolute atomic E-state index is 0. The van der Waals surface area contributed by atoms with Gasteiger partial charge < -0.3 is 33.8 Å². The summed E-state index contributed by atoms with van der Waals surface area (Å²) in [6.45, 7) is 4.81. The van der Waals surface area contributed by atoms with Crippen molar-refractivity contribution in [3.63, 3.8) is 0 Å². The maximum atomic E-state index is 10.6. The van der Waals surface area contributed by atoms with Crippen molar-refractivity contribution in [3.05, 3.63) is 47.5 Å². The van der Waals surface area contributed by atoms with Crippen LogP contribution in [0, 0.1) is 11.3 Å². The zero-order chi connectivity index (χ0) is 26.1. The number of nitrogens with two attached hydrogens (primary N) is 1. The molecule has 0 radical (unpaired) electrons. The van der Waals surface area contributed by atoms with E-state index in [1.807, 2.05) is 19.9 Å². The van der Waals surface area contributed by atoms with Crippen LogP contribution in [0.5, 0.6) is 23.0 Å². The van der Waals surface area contributed by atoms with Gasteiger partial charge in [0.2, 0.25) is 0 Å². The lowest BCUT2D eigenvalue weighted by atomic mass is 10.1. The van der Waals surface area contributed by atoms with Gasteiger partial charge in [0, 0.05) is 17.9 Å². The average molecular weight is 551 g/mol. The van der Waals surface area contributed by atoms with E-state index in [4.69, 9.17) is 38.7 Å². The van der Waals surface area contributed by atoms with E-state index in [0.29, 0.717) is 47.3 Å². The Morgan fingerprint density at radius 2 is 1.36 bits per heavy atom. The molecule has 0 heterocycles. The molecular weight excluding hydrogens is 512 g/mol. The molecule has 0 saturated heterocycles. The van der Waals surface area contributed by atoms with Gasteiger partial charge in [0.1, 0.15) is 0 Å². The third-order valence-electron chi connectivity index (χ3n) is 3.82. The molecule has 0 aliphatic rings. The minimum Gasteiger partial charge on any atom is -0.773 e. The highest BCUT2D eigenvalue weighted by Crippen LogP contribution is 2.30. The number of nitrogens with zero attached hydrogens (tertiary/aromatic N) is 1. The van der Waals surface area contributed by atoms with Crippen molar-refractivity contribution < 1.29 is 36.5 Å². The van der Waals surface area contributed by atoms with E-state index in [0.717, 1.165) is 6.26 Å². The normalized spacial score (nSPS) is 11.6. The molecule has 2 N–H and O–H groups in total. The molecule has 2 rings (SSSR count). The standard InChI is InChI=1S/C11H17NO4S.C10H11NO2.CH4O2S.2CH4/c1-3-16-11-6-8(4-5-10(11)15-2)9(12)7-17(13)14;1-3-13-10-6-8(7-11)4-5-9(10)12-2;1-4(2)3;;/h4-6,9H,3,7,12H2,1-2H3,(H,13,14);4-6H,3H2,1-2H3;1H3,(H,2,3);2*1H4/p-2/i7+1;;3*1+1. The average Bonchev–Trinajstić information content (AvgIpc) is 2.79. The maximum Gasteiger partial charge on any atom is 0.162 e. The Hall–Kier alpha value is -2.69. The Morgan fingerprint density at radius 1 is 0.917 bits per heavy atom. The molecule has 36 heavy (non-hydrogen) atoms. The molecule has 2 aromatic rings. The van der Waals surface area contributed by atoms with Crippen LogP contribution in [0.2, 0.25) is 0 Å². The Morgan fingerprint density at radius 3 is 1.75 bits per heavy atom. The first kappa shape index (κ1) is 37.9. The fourth-order valence-electron chi connectivity index (χ4n) is 2.45. The van der Waals surface area contributed by atoms with Crippen LogP contribution in [0.25, 0.3) is 0 Å². The van der Waals surface area contributed by atoms with Crippen molar-refractivity contribution in [1.29, 1.82) is 5.26 Å². The number of methoxy groups -OCH3 is 2. The Labute approximate surface area is 220 Å². The van der Waals surface area contributed by atoms with Gasteiger partial charge in [-0.05, 0) is 49.9 Å². The molecule has 12 heteroatoms. The van der Waals surface area contributed by atoms with E-state index in [9.17, 15) is 8.76 Å². The number of benzene rings is 2. The first-order valence-corrected chi connectivity index (χ1v) is 12.7. The molecule has 0 saturated carbocycles. The Balaban J connectivity index is -0.000000513. The van der Waals surface area contributed by atoms with Crippen LogP contribution in [0.3, 0.4) is 0 Å². The highest BCUT2D eigenvalue weighted by atomic mass is 32.2. The Bertz CT molecular complexity index is 964. The molecule has 0 bridgehead atoms. The number of nitriles is 1. The van der Waals surface area contributed by atoms with Gasteiger partial charge in [-0.2, -0.15) is 5.26 Å². The number of hydrogen-bond acceptors (Lipinski definition) is 10. The summed E-state index contributed by atoms with van der Waals surface area (Å²) in [5.41, 5.74) is 7.04. The summed E-state index contributed by atoms with van der Waals surface area (Å²) in [7, 11) is 3.12. The van der Waals surface area contributed by atoms with Crippen LogP contribution in [0.15, 0.2) is 36.4 Å². The molecule has 3 atom stereocenters. The van der Waals surface area contributed by atoms with E-state index in [-0.39, 0.29) is 20.6 Å². The second-order valence-electron chi connectivity index (χ2n) is 6.23. The lowest BCUT2D eigenvalue weighted by Crippen LogP contribution is -2.18. The van der Waals surface area contributed by atoms with E-state index in [2.05, 4.69) is 0 Å². The molecule has 0 amide bonds. The summed E-state index contributed by atoms with van der Waals surface area (Å²) in [4.78, 5) is 0. The third kappa shape index (κ3) is 15.3. The number of ether oxygens (including phenoxy) is 4. The van der Waals surface area contributed by atoms with Gasteiger partial charge in [-0.1, -0.05) is 43.1 Å². The van der Waals surface area contributed by atoms with E-state index >= 15 is 0 Å². The monoisotopic (exact) mass is 550 g/mol. The Kier molecular flexibility index (Phi) is 22.7. The molecule has 0 aliphatic heterocycles. The summed E-state index contributed by atoms with van der Waals surface area (Å²) in [6, 6.07) is 11.7. The largest absolute Gasteiger partial charge is 0.773 e. The highest BCUT2D eigenvalue weighted by molar-refractivity contribution is 7.79. The maximum absolute atomic E-state index is 10.6. The van der Waals surface area contributed by atoms with Crippen molar-refractivity contribution in [3.8, 4) is 29.1 Å². The molecule has 0 aromatic heterocycles. The van der Waals surface area contributed by atoms with Gasteiger partial charge in [0.15, 0.2) is 23.0 Å². The molecule has 0 fully saturated rings. The zero-order valence-corrected chi connectivity index (χ0v) is 21.4. The second kappa shape index (κ2) is 21.6. The van der Waals surface area contributed by atoms with Crippen molar-refractivity contribution in [1.82, 2.24) is 0 Å². The van der Waals surface area contributed by atoms with Crippen molar-refractivity contribution in [2.75, 3.05) is 39.4 Å². The fourth-order valence-corrected chi connectivity index (χ4v) is 2.94. The topological polar surface area (TPSA) is 167 Å². The van der Waals surface area contributed by atoms with Crippen LogP contribution >= 0.6 is 0 Å². The molecule has 0 spiro atoms. The van der Waals surface area contributed by atoms with E-state index < -0.39 is 28.2 Å². The minimum atomic E-state index is -2.16. The lowest BCUT2D eigenvalue weighted by Gasteiger charge is -2.16. The van der Waals surface area contributed by atoms with Crippen LogP contribution in [0.4, 0.5) is 0 Å². The SMILES string of the molecule is CCOc1cc(C#N)ccc1OC.CCOc1cc(C(N)[13CH2]S(=O)[O-])ccc1OC.[13CH3]S(=O)[O-].[13CH4].[13CH4]. The van der Waals surface area contributed by atoms with E-state index in [1.165, 1.54) is 0 Å². The van der Waals surface area contributed by atoms with Gasteiger partial charge in [-0.25, -0.2) is 0 Å². The van der Waals surface area contributed by atoms with Crippen molar-refractivity contribution in [2.45, 2.75) is 34.7 Å². The van der Waals surface area contributed by atoms with Crippen LogP contribution in [0.1, 0.15) is 45.9 Å².